The summed E-state index contributed by atoms with van der Waals surface area (Å²) < 4.78 is 0. The summed E-state index contributed by atoms with van der Waals surface area (Å²) in [6, 6.07) is 9.37. The van der Waals surface area contributed by atoms with Crippen LogP contribution in [0, 0.1) is 5.92 Å². The molecule has 3 rings (SSSR count). The van der Waals surface area contributed by atoms with E-state index in [1.54, 1.807) is 18.1 Å². The highest BCUT2D eigenvalue weighted by atomic mass is 16.2. The Bertz CT molecular complexity index is 678. The van der Waals surface area contributed by atoms with Gasteiger partial charge in [-0.15, -0.1) is 0 Å². The van der Waals surface area contributed by atoms with Gasteiger partial charge in [-0.25, -0.2) is 0 Å². The molecule has 1 atom stereocenters. The van der Waals surface area contributed by atoms with Crippen LogP contribution in [0.3, 0.4) is 0 Å². The Morgan fingerprint density at radius 2 is 2.20 bits per heavy atom. The first-order valence-corrected chi connectivity index (χ1v) is 6.54. The minimum Gasteiger partial charge on any atom is -0.345 e. The molecule has 0 unspecified atom stereocenters. The van der Waals surface area contributed by atoms with Gasteiger partial charge in [0, 0.05) is 31.6 Å². The van der Waals surface area contributed by atoms with Crippen molar-refractivity contribution in [3.63, 3.8) is 0 Å². The lowest BCUT2D eigenvalue weighted by molar-refractivity contribution is -0.127. The number of nitrogens with one attached hydrogen (secondary N) is 1. The molecule has 2 aromatic rings. The minimum atomic E-state index is -0.278. The normalized spacial score (nSPS) is 18.6. The molecular weight excluding hydrogens is 254 g/mol. The highest BCUT2D eigenvalue weighted by Gasteiger charge is 2.32. The number of hydrogen-bond acceptors (Lipinski definition) is 3. The van der Waals surface area contributed by atoms with Crippen molar-refractivity contribution in [1.82, 2.24) is 9.88 Å². The van der Waals surface area contributed by atoms with Crippen molar-refractivity contribution in [1.29, 1.82) is 0 Å². The van der Waals surface area contributed by atoms with Crippen molar-refractivity contribution in [3.8, 4) is 0 Å². The highest BCUT2D eigenvalue weighted by molar-refractivity contribution is 6.03. The number of amides is 2. The van der Waals surface area contributed by atoms with Crippen LogP contribution >= 0.6 is 0 Å². The lowest BCUT2D eigenvalue weighted by Crippen LogP contribution is -2.25. The first kappa shape index (κ1) is 12.6. The summed E-state index contributed by atoms with van der Waals surface area (Å²) in [7, 11) is 1.72. The second-order valence-corrected chi connectivity index (χ2v) is 5.04. The molecule has 1 aliphatic rings. The van der Waals surface area contributed by atoms with Crippen LogP contribution in [0.4, 0.5) is 5.69 Å². The van der Waals surface area contributed by atoms with Crippen LogP contribution in [0.2, 0.25) is 0 Å². The van der Waals surface area contributed by atoms with Gasteiger partial charge in [0.1, 0.15) is 0 Å². The number of rotatable bonds is 2. The second-order valence-electron chi connectivity index (χ2n) is 5.04. The molecule has 0 aliphatic carbocycles. The van der Waals surface area contributed by atoms with Crippen LogP contribution in [0.25, 0.3) is 10.9 Å². The number of pyridine rings is 1. The predicted octanol–water partition coefficient (Wildman–Crippen LogP) is 1.65. The lowest BCUT2D eigenvalue weighted by atomic mass is 10.1. The quantitative estimate of drug-likeness (QED) is 0.901. The van der Waals surface area contributed by atoms with Crippen molar-refractivity contribution in [3.05, 3.63) is 36.5 Å². The second kappa shape index (κ2) is 4.92. The molecule has 1 fully saturated rings. The van der Waals surface area contributed by atoms with Gasteiger partial charge in [0.05, 0.1) is 17.1 Å². The van der Waals surface area contributed by atoms with Crippen molar-refractivity contribution < 1.29 is 9.59 Å². The smallest absolute Gasteiger partial charge is 0.229 e. The summed E-state index contributed by atoms with van der Waals surface area (Å²) in [6.45, 7) is 0.480. The molecule has 1 saturated heterocycles. The number of fused-ring (bicyclic) bond motifs is 1. The minimum absolute atomic E-state index is 0.0183. The summed E-state index contributed by atoms with van der Waals surface area (Å²) in [5.74, 6) is -0.372. The Balaban J connectivity index is 1.83. The number of benzene rings is 1. The molecule has 1 aliphatic heterocycles. The van der Waals surface area contributed by atoms with E-state index in [4.69, 9.17) is 0 Å². The van der Waals surface area contributed by atoms with Gasteiger partial charge in [-0.1, -0.05) is 6.07 Å². The zero-order valence-electron chi connectivity index (χ0n) is 11.2. The number of likely N-dealkylation sites (tertiary alicyclic amines) is 1. The molecule has 1 aromatic heterocycles. The number of aromatic nitrogens is 1. The molecule has 5 nitrogen and oxygen atoms in total. The maximum absolute atomic E-state index is 12.2. The largest absolute Gasteiger partial charge is 0.345 e. The molecular formula is C15H15N3O2. The Morgan fingerprint density at radius 3 is 2.95 bits per heavy atom. The van der Waals surface area contributed by atoms with Crippen molar-refractivity contribution >= 4 is 28.4 Å². The summed E-state index contributed by atoms with van der Waals surface area (Å²) in [4.78, 5) is 29.6. The third-order valence-electron chi connectivity index (χ3n) is 3.62. The van der Waals surface area contributed by atoms with E-state index in [1.807, 2.05) is 30.3 Å². The molecule has 0 saturated carbocycles. The van der Waals surface area contributed by atoms with Crippen LogP contribution in [0.15, 0.2) is 36.5 Å². The molecule has 0 spiro atoms. The van der Waals surface area contributed by atoms with E-state index < -0.39 is 0 Å². The number of carbonyl (C=O) groups is 2. The highest BCUT2D eigenvalue weighted by Crippen LogP contribution is 2.23. The zero-order valence-corrected chi connectivity index (χ0v) is 11.2. The monoisotopic (exact) mass is 269 g/mol. The first-order valence-electron chi connectivity index (χ1n) is 6.54. The maximum Gasteiger partial charge on any atom is 0.229 e. The number of hydrogen-bond donors (Lipinski definition) is 1. The van der Waals surface area contributed by atoms with E-state index in [1.165, 1.54) is 0 Å². The molecule has 0 bridgehead atoms. The zero-order chi connectivity index (χ0) is 14.1. The molecule has 2 amide bonds. The first-order chi connectivity index (χ1) is 9.65. The molecule has 102 valence electrons. The van der Waals surface area contributed by atoms with Crippen molar-refractivity contribution in [2.75, 3.05) is 18.9 Å². The summed E-state index contributed by atoms with van der Waals surface area (Å²) >= 11 is 0. The molecule has 1 aromatic carbocycles. The van der Waals surface area contributed by atoms with E-state index in [2.05, 4.69) is 10.3 Å². The van der Waals surface area contributed by atoms with Gasteiger partial charge in [0.15, 0.2) is 0 Å². The number of nitrogens with zero attached hydrogens (tertiary/aromatic N) is 2. The van der Waals surface area contributed by atoms with Gasteiger partial charge in [-0.05, 0) is 24.3 Å². The van der Waals surface area contributed by atoms with Crippen LogP contribution in [0.5, 0.6) is 0 Å². The van der Waals surface area contributed by atoms with Gasteiger partial charge in [-0.2, -0.15) is 0 Å². The Hall–Kier alpha value is -2.43. The maximum atomic E-state index is 12.2. The molecule has 5 heteroatoms. The van der Waals surface area contributed by atoms with Crippen LogP contribution in [0.1, 0.15) is 6.42 Å². The topological polar surface area (TPSA) is 62.3 Å². The third kappa shape index (κ3) is 2.22. The molecule has 0 radical (unpaired) electrons. The van der Waals surface area contributed by atoms with Crippen molar-refractivity contribution in [2.45, 2.75) is 6.42 Å². The fourth-order valence-corrected chi connectivity index (χ4v) is 2.49. The van der Waals surface area contributed by atoms with Crippen molar-refractivity contribution in [2.24, 2.45) is 5.92 Å². The fraction of sp³-hybridized carbons (Fsp3) is 0.267. The molecule has 20 heavy (non-hydrogen) atoms. The Labute approximate surface area is 116 Å². The van der Waals surface area contributed by atoms with Gasteiger partial charge in [-0.3, -0.25) is 14.6 Å². The Morgan fingerprint density at radius 1 is 1.35 bits per heavy atom. The third-order valence-corrected chi connectivity index (χ3v) is 3.62. The van der Waals surface area contributed by atoms with Crippen LogP contribution in [-0.2, 0) is 9.59 Å². The summed E-state index contributed by atoms with van der Waals surface area (Å²) in [5, 5.41) is 3.81. The van der Waals surface area contributed by atoms with E-state index >= 15 is 0 Å². The number of anilines is 1. The van der Waals surface area contributed by atoms with E-state index in [0.29, 0.717) is 6.54 Å². The average molecular weight is 269 g/mol. The van der Waals surface area contributed by atoms with Gasteiger partial charge >= 0.3 is 0 Å². The lowest BCUT2D eigenvalue weighted by Gasteiger charge is -2.12. The standard InChI is InChI=1S/C15H15N3O2/c1-18-9-10(8-14(18)19)15(20)17-13-6-2-5-12-11(13)4-3-7-16-12/h2-7,10H,8-9H2,1H3,(H,17,20)/t10-/m1/s1. The van der Waals surface area contributed by atoms with E-state index in [-0.39, 0.29) is 24.2 Å². The Kier molecular flexibility index (Phi) is 3.10. The average Bonchev–Trinajstić information content (AvgIpc) is 2.79. The SMILES string of the molecule is CN1C[C@H](C(=O)Nc2cccc3ncccc23)CC1=O. The van der Waals surface area contributed by atoms with E-state index in [9.17, 15) is 9.59 Å². The van der Waals surface area contributed by atoms with Gasteiger partial charge in [0.25, 0.3) is 0 Å². The van der Waals surface area contributed by atoms with Gasteiger partial charge in [0.2, 0.25) is 11.8 Å². The van der Waals surface area contributed by atoms with Crippen LogP contribution < -0.4 is 5.32 Å². The predicted molar refractivity (Wildman–Crippen MR) is 76.1 cm³/mol. The summed E-state index contributed by atoms with van der Waals surface area (Å²) in [5.41, 5.74) is 1.58. The molecule has 2 heterocycles. The number of carbonyl (C=O) groups excluding carboxylic acids is 2. The van der Waals surface area contributed by atoms with Crippen LogP contribution in [-0.4, -0.2) is 35.3 Å². The summed E-state index contributed by atoms with van der Waals surface area (Å²) in [6.07, 6.45) is 2.00. The van der Waals surface area contributed by atoms with E-state index in [0.717, 1.165) is 16.6 Å². The molecule has 1 N–H and O–H groups in total. The van der Waals surface area contributed by atoms with Gasteiger partial charge < -0.3 is 10.2 Å². The fourth-order valence-electron chi connectivity index (χ4n) is 2.49.